The first-order valence-corrected chi connectivity index (χ1v) is 8.22. The van der Waals surface area contributed by atoms with E-state index in [4.69, 9.17) is 0 Å². The smallest absolute Gasteiger partial charge is 0.219 e. The quantitative estimate of drug-likeness (QED) is 0.763. The summed E-state index contributed by atoms with van der Waals surface area (Å²) in [6.07, 6.45) is 5.14. The first-order valence-electron chi connectivity index (χ1n) is 7.23. The maximum atomic E-state index is 11.9. The highest BCUT2D eigenvalue weighted by Crippen LogP contribution is 2.18. The molecule has 1 saturated heterocycles. The van der Waals surface area contributed by atoms with Gasteiger partial charge in [0.2, 0.25) is 5.12 Å². The number of thioether (sulfide) groups is 1. The molecule has 2 nitrogen and oxygen atoms in total. The van der Waals surface area contributed by atoms with E-state index >= 15 is 0 Å². The van der Waals surface area contributed by atoms with Crippen LogP contribution in [0.25, 0.3) is 0 Å². The van der Waals surface area contributed by atoms with Crippen molar-refractivity contribution in [2.45, 2.75) is 38.6 Å². The van der Waals surface area contributed by atoms with E-state index in [9.17, 15) is 4.79 Å². The fraction of sp³-hybridized carbons (Fsp3) is 0.562. The van der Waals surface area contributed by atoms with Gasteiger partial charge in [-0.05, 0) is 39.3 Å². The van der Waals surface area contributed by atoms with Crippen LogP contribution in [0.3, 0.4) is 0 Å². The number of hydrogen-bond acceptors (Lipinski definition) is 3. The molecule has 0 saturated carbocycles. The molecule has 3 heteroatoms. The Labute approximate surface area is 120 Å². The van der Waals surface area contributed by atoms with E-state index in [1.807, 2.05) is 30.3 Å². The summed E-state index contributed by atoms with van der Waals surface area (Å²) in [4.78, 5) is 14.5. The third-order valence-electron chi connectivity index (χ3n) is 3.77. The number of carbonyl (C=O) groups is 1. The predicted octanol–water partition coefficient (Wildman–Crippen LogP) is 3.82. The predicted molar refractivity (Wildman–Crippen MR) is 82.7 cm³/mol. The van der Waals surface area contributed by atoms with Crippen LogP contribution in [0.15, 0.2) is 30.3 Å². The SMILES string of the molecule is C[C@H]1CCCCN1CCCSC(=O)c1ccccc1. The molecule has 1 aliphatic heterocycles. The summed E-state index contributed by atoms with van der Waals surface area (Å²) >= 11 is 1.45. The normalized spacial score (nSPS) is 20.4. The van der Waals surface area contributed by atoms with Crippen molar-refractivity contribution in [3.63, 3.8) is 0 Å². The molecule has 19 heavy (non-hydrogen) atoms. The molecular weight excluding hydrogens is 254 g/mol. The highest BCUT2D eigenvalue weighted by atomic mass is 32.2. The molecule has 104 valence electrons. The van der Waals surface area contributed by atoms with E-state index in [-0.39, 0.29) is 5.12 Å². The lowest BCUT2D eigenvalue weighted by Gasteiger charge is -2.33. The first kappa shape index (κ1) is 14.6. The van der Waals surface area contributed by atoms with Gasteiger partial charge >= 0.3 is 0 Å². The fourth-order valence-electron chi connectivity index (χ4n) is 2.58. The first-order chi connectivity index (χ1) is 9.27. The van der Waals surface area contributed by atoms with Crippen LogP contribution in [0.2, 0.25) is 0 Å². The minimum absolute atomic E-state index is 0.201. The van der Waals surface area contributed by atoms with Crippen molar-refractivity contribution < 1.29 is 4.79 Å². The lowest BCUT2D eigenvalue weighted by atomic mass is 10.0. The van der Waals surface area contributed by atoms with E-state index in [0.717, 1.165) is 30.3 Å². The molecule has 1 fully saturated rings. The van der Waals surface area contributed by atoms with Crippen molar-refractivity contribution in [3.05, 3.63) is 35.9 Å². The molecule has 0 aliphatic carbocycles. The summed E-state index contributed by atoms with van der Waals surface area (Å²) in [6.45, 7) is 4.69. The molecule has 0 amide bonds. The molecule has 1 aromatic rings. The van der Waals surface area contributed by atoms with Crippen molar-refractivity contribution in [1.29, 1.82) is 0 Å². The minimum atomic E-state index is 0.201. The molecule has 0 unspecified atom stereocenters. The van der Waals surface area contributed by atoms with Crippen molar-refractivity contribution >= 4 is 16.9 Å². The summed E-state index contributed by atoms with van der Waals surface area (Å²) < 4.78 is 0. The molecule has 0 spiro atoms. The zero-order chi connectivity index (χ0) is 13.5. The maximum Gasteiger partial charge on any atom is 0.219 e. The van der Waals surface area contributed by atoms with E-state index in [2.05, 4.69) is 11.8 Å². The van der Waals surface area contributed by atoms with Gasteiger partial charge in [-0.25, -0.2) is 0 Å². The number of likely N-dealkylation sites (tertiary alicyclic amines) is 1. The van der Waals surface area contributed by atoms with Crippen molar-refractivity contribution in [2.75, 3.05) is 18.8 Å². The Morgan fingerprint density at radius 1 is 1.32 bits per heavy atom. The Kier molecular flexibility index (Phi) is 5.93. The second-order valence-corrected chi connectivity index (χ2v) is 6.30. The number of rotatable bonds is 5. The van der Waals surface area contributed by atoms with Crippen LogP contribution in [0.4, 0.5) is 0 Å². The lowest BCUT2D eigenvalue weighted by Crippen LogP contribution is -2.38. The highest BCUT2D eigenvalue weighted by Gasteiger charge is 2.17. The summed E-state index contributed by atoms with van der Waals surface area (Å²) in [6, 6.07) is 10.3. The van der Waals surface area contributed by atoms with Gasteiger partial charge in [0, 0.05) is 17.4 Å². The topological polar surface area (TPSA) is 20.3 Å². The number of carbonyl (C=O) groups excluding carboxylic acids is 1. The molecule has 2 rings (SSSR count). The maximum absolute atomic E-state index is 11.9. The van der Waals surface area contributed by atoms with Crippen molar-refractivity contribution in [2.24, 2.45) is 0 Å². The summed E-state index contributed by atoms with van der Waals surface area (Å²) in [5.74, 6) is 0.928. The number of piperidine rings is 1. The average Bonchev–Trinajstić information content (AvgIpc) is 2.46. The average molecular weight is 277 g/mol. The number of benzene rings is 1. The van der Waals surface area contributed by atoms with E-state index in [0.29, 0.717) is 0 Å². The van der Waals surface area contributed by atoms with Gasteiger partial charge in [0.25, 0.3) is 0 Å². The van der Waals surface area contributed by atoms with Crippen molar-refractivity contribution in [1.82, 2.24) is 4.90 Å². The Hall–Kier alpha value is -0.800. The van der Waals surface area contributed by atoms with E-state index in [1.54, 1.807) is 0 Å². The monoisotopic (exact) mass is 277 g/mol. The molecular formula is C16H23NOS. The van der Waals surface area contributed by atoms with Gasteiger partial charge in [-0.3, -0.25) is 4.79 Å². The summed E-state index contributed by atoms with van der Waals surface area (Å²) in [5.41, 5.74) is 0.818. The van der Waals surface area contributed by atoms with Gasteiger partial charge in [0.05, 0.1) is 0 Å². The zero-order valence-electron chi connectivity index (χ0n) is 11.7. The minimum Gasteiger partial charge on any atom is -0.301 e. The second-order valence-electron chi connectivity index (χ2n) is 5.24. The Bertz CT molecular complexity index is 393. The van der Waals surface area contributed by atoms with Gasteiger partial charge in [0.15, 0.2) is 0 Å². The van der Waals surface area contributed by atoms with Gasteiger partial charge in [-0.2, -0.15) is 0 Å². The standard InChI is InChI=1S/C16H23NOS/c1-14-8-5-6-11-17(14)12-7-13-19-16(18)15-9-3-2-4-10-15/h2-4,9-10,14H,5-8,11-13H2,1H3/t14-/m0/s1. The summed E-state index contributed by atoms with van der Waals surface area (Å²) in [7, 11) is 0. The Morgan fingerprint density at radius 2 is 2.11 bits per heavy atom. The molecule has 1 heterocycles. The molecule has 0 radical (unpaired) electrons. The Balaban J connectivity index is 1.65. The van der Waals surface area contributed by atoms with Gasteiger partial charge in [0.1, 0.15) is 0 Å². The van der Waals surface area contributed by atoms with Crippen LogP contribution in [0, 0.1) is 0 Å². The number of hydrogen-bond donors (Lipinski definition) is 0. The Morgan fingerprint density at radius 3 is 2.84 bits per heavy atom. The molecule has 1 atom stereocenters. The highest BCUT2D eigenvalue weighted by molar-refractivity contribution is 8.14. The molecule has 0 aromatic heterocycles. The third-order valence-corrected chi connectivity index (χ3v) is 4.76. The zero-order valence-corrected chi connectivity index (χ0v) is 12.5. The molecule has 0 N–H and O–H groups in total. The van der Waals surface area contributed by atoms with Gasteiger partial charge in [-0.15, -0.1) is 0 Å². The fourth-order valence-corrected chi connectivity index (χ4v) is 3.34. The van der Waals surface area contributed by atoms with Gasteiger partial charge in [-0.1, -0.05) is 48.5 Å². The number of nitrogens with zero attached hydrogens (tertiary/aromatic N) is 1. The lowest BCUT2D eigenvalue weighted by molar-refractivity contribution is 0.108. The largest absolute Gasteiger partial charge is 0.301 e. The van der Waals surface area contributed by atoms with Crippen LogP contribution in [0.5, 0.6) is 0 Å². The molecule has 1 aromatic carbocycles. The van der Waals surface area contributed by atoms with Crippen molar-refractivity contribution in [3.8, 4) is 0 Å². The van der Waals surface area contributed by atoms with Crippen LogP contribution in [-0.2, 0) is 0 Å². The van der Waals surface area contributed by atoms with Crippen LogP contribution < -0.4 is 0 Å². The molecule has 1 aliphatic rings. The third kappa shape index (κ3) is 4.66. The second kappa shape index (κ2) is 7.71. The van der Waals surface area contributed by atoms with E-state index < -0.39 is 0 Å². The summed E-state index contributed by atoms with van der Waals surface area (Å²) in [5, 5.41) is 0.201. The van der Waals surface area contributed by atoms with Gasteiger partial charge < -0.3 is 4.90 Å². The molecule has 0 bridgehead atoms. The van der Waals surface area contributed by atoms with E-state index in [1.165, 1.54) is 37.6 Å². The van der Waals surface area contributed by atoms with Crippen LogP contribution in [-0.4, -0.2) is 34.9 Å². The van der Waals surface area contributed by atoms with Crippen LogP contribution >= 0.6 is 11.8 Å². The van der Waals surface area contributed by atoms with Crippen LogP contribution in [0.1, 0.15) is 43.0 Å².